The lowest BCUT2D eigenvalue weighted by Crippen LogP contribution is -2.42. The van der Waals surface area contributed by atoms with Crippen LogP contribution < -0.4 is 10.1 Å². The molecule has 4 aromatic rings. The maximum Gasteiger partial charge on any atom is 0.326 e. The molecule has 0 aliphatic heterocycles. The minimum absolute atomic E-state index is 0.218. The van der Waals surface area contributed by atoms with Gasteiger partial charge in [0.25, 0.3) is 5.91 Å². The third-order valence-corrected chi connectivity index (χ3v) is 5.14. The van der Waals surface area contributed by atoms with Crippen LogP contribution in [0.4, 0.5) is 0 Å². The Morgan fingerprint density at radius 2 is 1.81 bits per heavy atom. The fourth-order valence-electron chi connectivity index (χ4n) is 3.43. The Balaban J connectivity index is 1.41. The lowest BCUT2D eigenvalue weighted by Gasteiger charge is -2.15. The summed E-state index contributed by atoms with van der Waals surface area (Å²) in [6.45, 7) is 1.21. The van der Waals surface area contributed by atoms with Gasteiger partial charge < -0.3 is 19.7 Å². The molecule has 0 bridgehead atoms. The van der Waals surface area contributed by atoms with Crippen molar-refractivity contribution in [3.05, 3.63) is 96.6 Å². The van der Waals surface area contributed by atoms with E-state index in [2.05, 4.69) is 10.3 Å². The van der Waals surface area contributed by atoms with Gasteiger partial charge in [-0.05, 0) is 40.6 Å². The number of hydrogen-bond acceptors (Lipinski definition) is 4. The molecule has 3 aromatic carbocycles. The zero-order chi connectivity index (χ0) is 22.3. The number of aromatic nitrogens is 2. The molecular weight excluding hydrogens is 406 g/mol. The maximum absolute atomic E-state index is 12.7. The summed E-state index contributed by atoms with van der Waals surface area (Å²) in [7, 11) is 0. The molecule has 7 heteroatoms. The topological polar surface area (TPSA) is 93.5 Å². The molecule has 0 radical (unpaired) electrons. The fourth-order valence-corrected chi connectivity index (χ4v) is 3.43. The van der Waals surface area contributed by atoms with Crippen molar-refractivity contribution in [2.45, 2.75) is 19.0 Å². The number of carbonyl (C=O) groups excluding carboxylic acids is 1. The first-order valence-electron chi connectivity index (χ1n) is 10.3. The summed E-state index contributed by atoms with van der Waals surface area (Å²) >= 11 is 0. The molecule has 1 unspecified atom stereocenters. The highest BCUT2D eigenvalue weighted by Gasteiger charge is 2.21. The number of carboxylic acid groups (broad SMARTS) is 1. The van der Waals surface area contributed by atoms with Crippen molar-refractivity contribution in [1.29, 1.82) is 0 Å². The maximum atomic E-state index is 12.7. The molecule has 0 saturated carbocycles. The molecule has 2 N–H and O–H groups in total. The predicted molar refractivity (Wildman–Crippen MR) is 121 cm³/mol. The van der Waals surface area contributed by atoms with E-state index in [0.29, 0.717) is 18.7 Å². The van der Waals surface area contributed by atoms with E-state index < -0.39 is 17.9 Å². The van der Waals surface area contributed by atoms with E-state index in [1.54, 1.807) is 24.7 Å². The molecular formula is C25H23N3O4. The zero-order valence-electron chi connectivity index (χ0n) is 17.3. The summed E-state index contributed by atoms with van der Waals surface area (Å²) in [5, 5.41) is 14.0. The Kier molecular flexibility index (Phi) is 6.46. The minimum Gasteiger partial charge on any atom is -0.492 e. The summed E-state index contributed by atoms with van der Waals surface area (Å²) in [6.07, 6.45) is 5.57. The van der Waals surface area contributed by atoms with E-state index in [1.165, 1.54) is 0 Å². The van der Waals surface area contributed by atoms with Crippen LogP contribution in [-0.2, 0) is 17.8 Å². The number of carbonyl (C=O) groups is 2. The largest absolute Gasteiger partial charge is 0.492 e. The monoisotopic (exact) mass is 429 g/mol. The zero-order valence-corrected chi connectivity index (χ0v) is 17.3. The summed E-state index contributed by atoms with van der Waals surface area (Å²) in [6, 6.07) is 19.2. The number of nitrogens with one attached hydrogen (secondary N) is 1. The van der Waals surface area contributed by atoms with Gasteiger partial charge in [-0.25, -0.2) is 9.78 Å². The Morgan fingerprint density at radius 1 is 1.03 bits per heavy atom. The molecule has 1 aromatic heterocycles. The average molecular weight is 429 g/mol. The number of benzene rings is 3. The van der Waals surface area contributed by atoms with Gasteiger partial charge in [-0.2, -0.15) is 0 Å². The van der Waals surface area contributed by atoms with E-state index in [-0.39, 0.29) is 6.42 Å². The molecule has 4 rings (SSSR count). The minimum atomic E-state index is -1.07. The lowest BCUT2D eigenvalue weighted by atomic mass is 10.0. The number of nitrogens with zero attached hydrogens (tertiary/aromatic N) is 2. The van der Waals surface area contributed by atoms with E-state index in [4.69, 9.17) is 4.74 Å². The number of ether oxygens (including phenoxy) is 1. The van der Waals surface area contributed by atoms with Crippen LogP contribution in [0.25, 0.3) is 10.8 Å². The molecule has 32 heavy (non-hydrogen) atoms. The average Bonchev–Trinajstić information content (AvgIpc) is 3.32. The molecule has 0 aliphatic carbocycles. The third kappa shape index (κ3) is 5.31. The quantitative estimate of drug-likeness (QED) is 0.425. The Labute approximate surface area is 185 Å². The van der Waals surface area contributed by atoms with Crippen LogP contribution in [0.2, 0.25) is 0 Å². The van der Waals surface area contributed by atoms with E-state index in [0.717, 1.165) is 22.1 Å². The number of hydrogen-bond donors (Lipinski definition) is 2. The first-order chi connectivity index (χ1) is 15.6. The van der Waals surface area contributed by atoms with E-state index in [9.17, 15) is 14.7 Å². The van der Waals surface area contributed by atoms with Crippen LogP contribution in [0.1, 0.15) is 15.9 Å². The smallest absolute Gasteiger partial charge is 0.326 e. The van der Waals surface area contributed by atoms with Crippen molar-refractivity contribution < 1.29 is 19.4 Å². The summed E-state index contributed by atoms with van der Waals surface area (Å²) < 4.78 is 7.75. The first kappa shape index (κ1) is 21.1. The molecule has 1 amide bonds. The molecule has 0 saturated heterocycles. The number of rotatable bonds is 9. The Morgan fingerprint density at radius 3 is 2.56 bits per heavy atom. The molecule has 7 nitrogen and oxygen atoms in total. The number of fused-ring (bicyclic) bond motifs is 1. The van der Waals surface area contributed by atoms with Crippen molar-refractivity contribution in [3.8, 4) is 5.75 Å². The van der Waals surface area contributed by atoms with Crippen LogP contribution in [0.3, 0.4) is 0 Å². The van der Waals surface area contributed by atoms with Crippen LogP contribution in [-0.4, -0.2) is 39.2 Å². The van der Waals surface area contributed by atoms with Gasteiger partial charge in [0, 0.05) is 24.4 Å². The van der Waals surface area contributed by atoms with Crippen molar-refractivity contribution >= 4 is 22.6 Å². The Bertz CT molecular complexity index is 1210. The third-order valence-electron chi connectivity index (χ3n) is 5.14. The van der Waals surface area contributed by atoms with Crippen LogP contribution in [0.5, 0.6) is 5.75 Å². The molecule has 1 atom stereocenters. The van der Waals surface area contributed by atoms with Gasteiger partial charge in [0.1, 0.15) is 18.4 Å². The van der Waals surface area contributed by atoms with Gasteiger partial charge in [0.05, 0.1) is 12.9 Å². The normalized spacial score (nSPS) is 11.8. The fraction of sp³-hybridized carbons (Fsp3) is 0.160. The molecule has 0 fully saturated rings. The van der Waals surface area contributed by atoms with Crippen LogP contribution >= 0.6 is 0 Å². The molecule has 0 aliphatic rings. The van der Waals surface area contributed by atoms with Gasteiger partial charge in [-0.1, -0.05) is 42.5 Å². The number of carboxylic acids is 1. The molecule has 1 heterocycles. The van der Waals surface area contributed by atoms with Crippen molar-refractivity contribution in [2.75, 3.05) is 6.61 Å². The summed E-state index contributed by atoms with van der Waals surface area (Å²) in [4.78, 5) is 28.4. The second-order valence-electron chi connectivity index (χ2n) is 7.43. The molecule has 0 spiro atoms. The highest BCUT2D eigenvalue weighted by atomic mass is 16.5. The highest BCUT2D eigenvalue weighted by Crippen LogP contribution is 2.22. The van der Waals surface area contributed by atoms with Crippen LogP contribution in [0, 0.1) is 0 Å². The highest BCUT2D eigenvalue weighted by molar-refractivity contribution is 6.00. The van der Waals surface area contributed by atoms with Gasteiger partial charge >= 0.3 is 5.97 Å². The lowest BCUT2D eigenvalue weighted by molar-refractivity contribution is -0.139. The number of imidazole rings is 1. The van der Waals surface area contributed by atoms with Gasteiger partial charge in [0.2, 0.25) is 0 Å². The standard InChI is InChI=1S/C25H23N3O4/c29-24(27-23(25(30)31)14-18-4-2-1-3-5-18)21-7-6-20-16-22(9-8-19(20)15-21)32-13-12-28-11-10-26-17-28/h1-11,15-17,23H,12-14H2,(H,27,29)(H,30,31). The number of aliphatic carboxylic acids is 1. The molecule has 162 valence electrons. The Hall–Kier alpha value is -4.13. The summed E-state index contributed by atoms with van der Waals surface area (Å²) in [5.41, 5.74) is 1.25. The first-order valence-corrected chi connectivity index (χ1v) is 10.3. The van der Waals surface area contributed by atoms with Gasteiger partial charge in [-0.3, -0.25) is 4.79 Å². The van der Waals surface area contributed by atoms with Crippen molar-refractivity contribution in [3.63, 3.8) is 0 Å². The SMILES string of the molecule is O=C(NC(Cc1ccccc1)C(=O)O)c1ccc2cc(OCCn3ccnc3)ccc2c1. The summed E-state index contributed by atoms with van der Waals surface area (Å²) in [5.74, 6) is -0.750. The van der Waals surface area contributed by atoms with E-state index in [1.807, 2.05) is 65.4 Å². The second kappa shape index (κ2) is 9.78. The van der Waals surface area contributed by atoms with E-state index >= 15 is 0 Å². The van der Waals surface area contributed by atoms with Gasteiger partial charge in [0.15, 0.2) is 0 Å². The van der Waals surface area contributed by atoms with Crippen LogP contribution in [0.15, 0.2) is 85.5 Å². The predicted octanol–water partition coefficient (Wildman–Crippen LogP) is 3.54. The van der Waals surface area contributed by atoms with Crippen molar-refractivity contribution in [2.24, 2.45) is 0 Å². The van der Waals surface area contributed by atoms with Crippen molar-refractivity contribution in [1.82, 2.24) is 14.9 Å². The second-order valence-corrected chi connectivity index (χ2v) is 7.43. The van der Waals surface area contributed by atoms with Gasteiger partial charge in [-0.15, -0.1) is 0 Å². The number of amides is 1.